The van der Waals surface area contributed by atoms with Crippen LogP contribution in [0.1, 0.15) is 28.9 Å². The lowest BCUT2D eigenvalue weighted by molar-refractivity contribution is 0.0932. The Morgan fingerprint density at radius 3 is 2.58 bits per heavy atom. The maximum Gasteiger partial charge on any atom is 0.273 e. The number of nitrogens with zero attached hydrogens (tertiary/aromatic N) is 4. The zero-order valence-electron chi connectivity index (χ0n) is 18.6. The van der Waals surface area contributed by atoms with E-state index < -0.39 is 0 Å². The first-order valence-electron chi connectivity index (χ1n) is 10.3. The molecular formula is C21H31N5O5. The van der Waals surface area contributed by atoms with Gasteiger partial charge in [0.15, 0.2) is 17.2 Å². The van der Waals surface area contributed by atoms with Crippen molar-refractivity contribution in [3.8, 4) is 17.2 Å². The fourth-order valence-electron chi connectivity index (χ4n) is 3.81. The molecule has 1 aromatic carbocycles. The fourth-order valence-corrected chi connectivity index (χ4v) is 3.81. The molecule has 1 aromatic heterocycles. The first kappa shape index (κ1) is 22.8. The summed E-state index contributed by atoms with van der Waals surface area (Å²) in [5.41, 5.74) is 1.34. The maximum absolute atomic E-state index is 12.1. The van der Waals surface area contributed by atoms with Crippen molar-refractivity contribution in [1.29, 1.82) is 0 Å². The van der Waals surface area contributed by atoms with Gasteiger partial charge in [-0.3, -0.25) is 14.4 Å². The van der Waals surface area contributed by atoms with Gasteiger partial charge in [-0.1, -0.05) is 5.21 Å². The van der Waals surface area contributed by atoms with Gasteiger partial charge in [0.2, 0.25) is 0 Å². The molecule has 2 heterocycles. The zero-order valence-corrected chi connectivity index (χ0v) is 18.6. The molecule has 10 heteroatoms. The highest BCUT2D eigenvalue weighted by atomic mass is 16.5. The summed E-state index contributed by atoms with van der Waals surface area (Å²) in [6, 6.07) is 4.10. The van der Waals surface area contributed by atoms with Crippen molar-refractivity contribution >= 4 is 5.91 Å². The quantitative estimate of drug-likeness (QED) is 0.530. The summed E-state index contributed by atoms with van der Waals surface area (Å²) in [4.78, 5) is 14.5. The van der Waals surface area contributed by atoms with Crippen LogP contribution in [0.15, 0.2) is 18.3 Å². The van der Waals surface area contributed by atoms with Crippen LogP contribution in [0.4, 0.5) is 0 Å². The van der Waals surface area contributed by atoms with Crippen molar-refractivity contribution in [1.82, 2.24) is 25.2 Å². The largest absolute Gasteiger partial charge is 0.496 e. The molecule has 2 aromatic rings. The number of hydrogen-bond acceptors (Lipinski definition) is 8. The van der Waals surface area contributed by atoms with Gasteiger partial charge in [0.05, 0.1) is 40.7 Å². The Morgan fingerprint density at radius 1 is 1.13 bits per heavy atom. The van der Waals surface area contributed by atoms with Gasteiger partial charge in [-0.05, 0) is 25.5 Å². The number of aromatic nitrogens is 3. The second-order valence-electron chi connectivity index (χ2n) is 7.36. The maximum atomic E-state index is 12.1. The lowest BCUT2D eigenvalue weighted by Gasteiger charge is -2.25. The Bertz CT molecular complexity index is 872. The zero-order chi connectivity index (χ0) is 22.2. The summed E-state index contributed by atoms with van der Waals surface area (Å²) in [6.07, 6.45) is 3.83. The number of hydrogen-bond donors (Lipinski definition) is 1. The van der Waals surface area contributed by atoms with Crippen molar-refractivity contribution in [3.05, 3.63) is 29.6 Å². The minimum absolute atomic E-state index is 0.248. The van der Waals surface area contributed by atoms with E-state index in [-0.39, 0.29) is 11.9 Å². The van der Waals surface area contributed by atoms with Crippen LogP contribution in [-0.4, -0.2) is 80.0 Å². The van der Waals surface area contributed by atoms with Gasteiger partial charge in [0.25, 0.3) is 5.91 Å². The van der Waals surface area contributed by atoms with Crippen molar-refractivity contribution < 1.29 is 23.7 Å². The van der Waals surface area contributed by atoms with Crippen LogP contribution in [0.25, 0.3) is 0 Å². The highest BCUT2D eigenvalue weighted by Gasteiger charge is 2.27. The van der Waals surface area contributed by atoms with E-state index >= 15 is 0 Å². The third-order valence-electron chi connectivity index (χ3n) is 5.42. The second-order valence-corrected chi connectivity index (χ2v) is 7.36. The number of methoxy groups -OCH3 is 4. The number of rotatable bonds is 11. The van der Waals surface area contributed by atoms with E-state index in [1.807, 2.05) is 12.1 Å². The van der Waals surface area contributed by atoms with Crippen molar-refractivity contribution in [2.45, 2.75) is 32.0 Å². The molecule has 0 aliphatic carbocycles. The monoisotopic (exact) mass is 433 g/mol. The number of ether oxygens (including phenoxy) is 4. The van der Waals surface area contributed by atoms with E-state index in [4.69, 9.17) is 18.9 Å². The summed E-state index contributed by atoms with van der Waals surface area (Å²) < 4.78 is 23.1. The number of carbonyl (C=O) groups excluding carboxylic acids is 1. The summed E-state index contributed by atoms with van der Waals surface area (Å²) in [6.45, 7) is 3.24. The third kappa shape index (κ3) is 5.65. The summed E-state index contributed by atoms with van der Waals surface area (Å²) in [5.74, 6) is 1.83. The number of amides is 1. The predicted molar refractivity (Wildman–Crippen MR) is 114 cm³/mol. The third-order valence-corrected chi connectivity index (χ3v) is 5.42. The molecule has 10 nitrogen and oxygen atoms in total. The van der Waals surface area contributed by atoms with Gasteiger partial charge in [0, 0.05) is 37.9 Å². The lowest BCUT2D eigenvalue weighted by atomic mass is 10.1. The standard InChI is InChI=1S/C21H31N5O5/c1-28-9-7-22-21(27)17-14-26(24-23-17)13-16-6-5-8-25(16)12-15-10-19(30-3)20(31-4)11-18(15)29-2/h10-11,14,16H,5-9,12-13H2,1-4H3,(H,22,27). The first-order valence-corrected chi connectivity index (χ1v) is 10.3. The van der Waals surface area contributed by atoms with Gasteiger partial charge in [-0.15, -0.1) is 5.10 Å². The average molecular weight is 434 g/mol. The SMILES string of the molecule is COCCNC(=O)c1cn(CC2CCCN2Cc2cc(OC)c(OC)cc2OC)nn1. The van der Waals surface area contributed by atoms with Crippen LogP contribution < -0.4 is 19.5 Å². The number of nitrogens with one attached hydrogen (secondary N) is 1. The van der Waals surface area contributed by atoms with E-state index in [1.165, 1.54) is 0 Å². The van der Waals surface area contributed by atoms with Crippen LogP contribution in [0.2, 0.25) is 0 Å². The highest BCUT2D eigenvalue weighted by molar-refractivity contribution is 5.91. The highest BCUT2D eigenvalue weighted by Crippen LogP contribution is 2.36. The number of carbonyl (C=O) groups is 1. The average Bonchev–Trinajstić information content (AvgIpc) is 3.43. The van der Waals surface area contributed by atoms with Gasteiger partial charge in [-0.2, -0.15) is 0 Å². The molecule has 0 spiro atoms. The van der Waals surface area contributed by atoms with Crippen LogP contribution in [0.3, 0.4) is 0 Å². The summed E-state index contributed by atoms with van der Waals surface area (Å²) >= 11 is 0. The molecule has 1 amide bonds. The van der Waals surface area contributed by atoms with E-state index in [0.29, 0.717) is 43.4 Å². The molecule has 1 saturated heterocycles. The van der Waals surface area contributed by atoms with Gasteiger partial charge >= 0.3 is 0 Å². The normalized spacial score (nSPS) is 16.3. The van der Waals surface area contributed by atoms with Gasteiger partial charge in [-0.25, -0.2) is 0 Å². The number of likely N-dealkylation sites (tertiary alicyclic amines) is 1. The van der Waals surface area contributed by atoms with Crippen molar-refractivity contribution in [3.63, 3.8) is 0 Å². The van der Waals surface area contributed by atoms with E-state index in [1.54, 1.807) is 39.3 Å². The molecule has 1 aliphatic rings. The smallest absolute Gasteiger partial charge is 0.273 e. The van der Waals surface area contributed by atoms with Crippen LogP contribution >= 0.6 is 0 Å². The molecule has 3 rings (SSSR count). The predicted octanol–water partition coefficient (Wildman–Crippen LogP) is 1.34. The molecule has 1 N–H and O–H groups in total. The Balaban J connectivity index is 1.67. The molecule has 1 aliphatic heterocycles. The molecule has 1 atom stereocenters. The molecular weight excluding hydrogens is 402 g/mol. The molecule has 31 heavy (non-hydrogen) atoms. The van der Waals surface area contributed by atoms with Gasteiger partial charge in [0.1, 0.15) is 5.75 Å². The molecule has 0 saturated carbocycles. The van der Waals surface area contributed by atoms with E-state index in [2.05, 4.69) is 20.5 Å². The lowest BCUT2D eigenvalue weighted by Crippen LogP contribution is -2.33. The van der Waals surface area contributed by atoms with E-state index in [9.17, 15) is 4.79 Å². The Morgan fingerprint density at radius 2 is 1.87 bits per heavy atom. The summed E-state index contributed by atoms with van der Waals surface area (Å²) in [5, 5.41) is 10.9. The molecule has 0 radical (unpaired) electrons. The molecule has 0 bridgehead atoms. The Kier molecular flexibility index (Phi) is 8.07. The van der Waals surface area contributed by atoms with Crippen molar-refractivity contribution in [2.75, 3.05) is 48.1 Å². The second kappa shape index (κ2) is 11.0. The minimum Gasteiger partial charge on any atom is -0.496 e. The molecule has 1 fully saturated rings. The minimum atomic E-state index is -0.248. The molecule has 170 valence electrons. The Labute approximate surface area is 182 Å². The van der Waals surface area contributed by atoms with Crippen molar-refractivity contribution in [2.24, 2.45) is 0 Å². The topological polar surface area (TPSA) is 100.0 Å². The van der Waals surface area contributed by atoms with Crippen LogP contribution in [-0.2, 0) is 17.8 Å². The van der Waals surface area contributed by atoms with Crippen LogP contribution in [0, 0.1) is 0 Å². The van der Waals surface area contributed by atoms with Gasteiger partial charge < -0.3 is 24.3 Å². The fraction of sp³-hybridized carbons (Fsp3) is 0.571. The summed E-state index contributed by atoms with van der Waals surface area (Å²) in [7, 11) is 6.48. The number of benzene rings is 1. The molecule has 1 unspecified atom stereocenters. The Hall–Kier alpha value is -2.85. The first-order chi connectivity index (χ1) is 15.1. The van der Waals surface area contributed by atoms with E-state index in [0.717, 1.165) is 30.7 Å². The van der Waals surface area contributed by atoms with Crippen LogP contribution in [0.5, 0.6) is 17.2 Å².